The third-order valence-electron chi connectivity index (χ3n) is 3.58. The van der Waals surface area contributed by atoms with Crippen molar-refractivity contribution in [2.24, 2.45) is 0 Å². The van der Waals surface area contributed by atoms with E-state index in [1.54, 1.807) is 17.0 Å². The zero-order valence-electron chi connectivity index (χ0n) is 13.5. The van der Waals surface area contributed by atoms with Crippen molar-refractivity contribution in [2.75, 3.05) is 19.0 Å². The molecule has 0 bridgehead atoms. The summed E-state index contributed by atoms with van der Waals surface area (Å²) in [7, 11) is 3.66. The molecule has 3 rings (SSSR count). The van der Waals surface area contributed by atoms with Crippen LogP contribution >= 0.6 is 23.4 Å². The number of hydrogen-bond acceptors (Lipinski definition) is 5. The Kier molecular flexibility index (Phi) is 4.87. The minimum atomic E-state index is -0.558. The highest BCUT2D eigenvalue weighted by Crippen LogP contribution is 2.35. The number of halogens is 2. The van der Waals surface area contributed by atoms with E-state index in [9.17, 15) is 14.0 Å². The lowest BCUT2D eigenvalue weighted by molar-refractivity contribution is -0.123. The van der Waals surface area contributed by atoms with Gasteiger partial charge in [0, 0.05) is 36.8 Å². The second-order valence-electron chi connectivity index (χ2n) is 5.54. The van der Waals surface area contributed by atoms with Gasteiger partial charge in [0.05, 0.1) is 11.4 Å². The average Bonchev–Trinajstić information content (AvgIpc) is 3.11. The summed E-state index contributed by atoms with van der Waals surface area (Å²) >= 11 is 6.76. The highest BCUT2D eigenvalue weighted by atomic mass is 35.5. The van der Waals surface area contributed by atoms with E-state index in [1.165, 1.54) is 24.3 Å². The number of thioether (sulfide) groups is 1. The molecule has 1 aliphatic heterocycles. The topological polar surface area (TPSA) is 53.8 Å². The van der Waals surface area contributed by atoms with Crippen LogP contribution in [0.2, 0.25) is 5.02 Å². The molecule has 0 N–H and O–H groups in total. The maximum Gasteiger partial charge on any atom is 0.293 e. The van der Waals surface area contributed by atoms with Crippen LogP contribution in [0.25, 0.3) is 6.08 Å². The fourth-order valence-corrected chi connectivity index (χ4v) is 3.31. The molecule has 0 aliphatic carbocycles. The zero-order chi connectivity index (χ0) is 18.1. The second-order valence-corrected chi connectivity index (χ2v) is 6.94. The van der Waals surface area contributed by atoms with Gasteiger partial charge in [0.1, 0.15) is 11.6 Å². The van der Waals surface area contributed by atoms with Crippen LogP contribution in [0.3, 0.4) is 0 Å². The Balaban J connectivity index is 1.83. The van der Waals surface area contributed by atoms with E-state index in [0.29, 0.717) is 11.6 Å². The van der Waals surface area contributed by atoms with Crippen LogP contribution < -0.4 is 4.90 Å². The van der Waals surface area contributed by atoms with E-state index in [1.807, 2.05) is 14.1 Å². The maximum absolute atomic E-state index is 13.9. The molecule has 5 nitrogen and oxygen atoms in total. The second kappa shape index (κ2) is 6.93. The van der Waals surface area contributed by atoms with Gasteiger partial charge in [-0.15, -0.1) is 0 Å². The minimum Gasteiger partial charge on any atom is -0.441 e. The molecule has 8 heteroatoms. The number of rotatable bonds is 4. The predicted octanol–water partition coefficient (Wildman–Crippen LogP) is 4.37. The van der Waals surface area contributed by atoms with Crippen molar-refractivity contribution >= 4 is 46.5 Å². The molecule has 2 amide bonds. The number of hydrogen-bond donors (Lipinski definition) is 0. The van der Waals surface area contributed by atoms with Gasteiger partial charge < -0.3 is 9.32 Å². The van der Waals surface area contributed by atoms with E-state index >= 15 is 0 Å². The molecule has 0 spiro atoms. The predicted molar refractivity (Wildman–Crippen MR) is 96.0 cm³/mol. The first-order chi connectivity index (χ1) is 11.9. The number of furan rings is 1. The quantitative estimate of drug-likeness (QED) is 0.737. The summed E-state index contributed by atoms with van der Waals surface area (Å²) in [5, 5.41) is -0.306. The first kappa shape index (κ1) is 17.6. The Labute approximate surface area is 153 Å². The molecule has 0 atom stereocenters. The highest BCUT2D eigenvalue weighted by Gasteiger charge is 2.36. The monoisotopic (exact) mass is 380 g/mol. The van der Waals surface area contributed by atoms with Gasteiger partial charge in [-0.1, -0.05) is 17.7 Å². The lowest BCUT2D eigenvalue weighted by atomic mass is 10.2. The number of carbonyl (C=O) groups excluding carboxylic acids is 2. The molecule has 2 heterocycles. The number of imide groups is 1. The van der Waals surface area contributed by atoms with Gasteiger partial charge in [-0.2, -0.15) is 0 Å². The fourth-order valence-electron chi connectivity index (χ4n) is 2.27. The molecule has 0 saturated carbocycles. The van der Waals surface area contributed by atoms with Gasteiger partial charge >= 0.3 is 0 Å². The largest absolute Gasteiger partial charge is 0.441 e. The zero-order valence-corrected chi connectivity index (χ0v) is 15.0. The van der Waals surface area contributed by atoms with Gasteiger partial charge in [-0.25, -0.2) is 4.39 Å². The van der Waals surface area contributed by atoms with Gasteiger partial charge in [-0.3, -0.25) is 14.5 Å². The third kappa shape index (κ3) is 3.57. The summed E-state index contributed by atoms with van der Waals surface area (Å²) in [5.41, 5.74) is 0.112. The van der Waals surface area contributed by atoms with Crippen molar-refractivity contribution in [1.82, 2.24) is 4.90 Å². The van der Waals surface area contributed by atoms with Gasteiger partial charge in [0.15, 0.2) is 5.88 Å². The maximum atomic E-state index is 13.9. The van der Waals surface area contributed by atoms with E-state index in [0.717, 1.165) is 16.7 Å². The van der Waals surface area contributed by atoms with Crippen LogP contribution in [0.4, 0.5) is 15.1 Å². The van der Waals surface area contributed by atoms with Crippen molar-refractivity contribution in [3.05, 3.63) is 57.4 Å². The summed E-state index contributed by atoms with van der Waals surface area (Å²) < 4.78 is 19.5. The highest BCUT2D eigenvalue weighted by molar-refractivity contribution is 8.18. The van der Waals surface area contributed by atoms with E-state index in [2.05, 4.69) is 0 Å². The van der Waals surface area contributed by atoms with E-state index < -0.39 is 17.0 Å². The lowest BCUT2D eigenvalue weighted by Crippen LogP contribution is -2.28. The molecule has 0 radical (unpaired) electrons. The van der Waals surface area contributed by atoms with Gasteiger partial charge in [-0.05, 0) is 30.0 Å². The molecule has 1 aromatic carbocycles. The normalized spacial score (nSPS) is 16.2. The van der Waals surface area contributed by atoms with Crippen molar-refractivity contribution < 1.29 is 18.4 Å². The summed E-state index contributed by atoms with van der Waals surface area (Å²) in [5.74, 6) is 0.0241. The lowest BCUT2D eigenvalue weighted by Gasteiger charge is -2.14. The molecule has 1 saturated heterocycles. The van der Waals surface area contributed by atoms with Crippen molar-refractivity contribution in [1.29, 1.82) is 0 Å². The average molecular weight is 381 g/mol. The molecule has 0 unspecified atom stereocenters. The number of nitrogens with zero attached hydrogens (tertiary/aromatic N) is 2. The number of carbonyl (C=O) groups is 2. The molecule has 1 fully saturated rings. The van der Waals surface area contributed by atoms with Gasteiger partial charge in [0.25, 0.3) is 11.1 Å². The van der Waals surface area contributed by atoms with Crippen LogP contribution in [-0.2, 0) is 11.3 Å². The molecule has 1 aromatic heterocycles. The summed E-state index contributed by atoms with van der Waals surface area (Å²) in [4.78, 5) is 27.6. The summed E-state index contributed by atoms with van der Waals surface area (Å²) in [6.45, 7) is -0.214. The first-order valence-corrected chi connectivity index (χ1v) is 8.51. The van der Waals surface area contributed by atoms with Crippen molar-refractivity contribution in [3.63, 3.8) is 0 Å². The van der Waals surface area contributed by atoms with Crippen LogP contribution in [0.15, 0.2) is 39.7 Å². The first-order valence-electron chi connectivity index (χ1n) is 7.32. The Bertz CT molecular complexity index is 858. The number of amides is 2. The van der Waals surface area contributed by atoms with Crippen LogP contribution in [0, 0.1) is 5.82 Å². The number of anilines is 1. The van der Waals surface area contributed by atoms with Gasteiger partial charge in [0.2, 0.25) is 0 Å². The Hall–Kier alpha value is -2.25. The smallest absolute Gasteiger partial charge is 0.293 e. The Morgan fingerprint density at radius 2 is 2.04 bits per heavy atom. The molecule has 1 aliphatic rings. The molecular formula is C17H14ClFN2O3S. The third-order valence-corrected chi connectivity index (χ3v) is 4.84. The number of benzene rings is 1. The van der Waals surface area contributed by atoms with Crippen LogP contribution in [-0.4, -0.2) is 30.1 Å². The SMILES string of the molecule is CN(C)c1ccc(/C=C2\SC(=O)N(Cc3c(F)cccc3Cl)C2=O)o1. The fraction of sp³-hybridized carbons (Fsp3) is 0.176. The Morgan fingerprint density at radius 1 is 1.28 bits per heavy atom. The summed E-state index contributed by atoms with van der Waals surface area (Å²) in [6, 6.07) is 7.68. The molecule has 130 valence electrons. The van der Waals surface area contributed by atoms with E-state index in [4.69, 9.17) is 16.0 Å². The van der Waals surface area contributed by atoms with Crippen molar-refractivity contribution in [2.45, 2.75) is 6.54 Å². The van der Waals surface area contributed by atoms with E-state index in [-0.39, 0.29) is 22.0 Å². The Morgan fingerprint density at radius 3 is 2.68 bits per heavy atom. The molecule has 2 aromatic rings. The standard InChI is InChI=1S/C17H14ClFN2O3S/c1-20(2)15-7-6-10(24-15)8-14-16(22)21(17(23)25-14)9-11-12(18)4-3-5-13(11)19/h3-8H,9H2,1-2H3/b14-8-. The van der Waals surface area contributed by atoms with Crippen LogP contribution in [0.1, 0.15) is 11.3 Å². The molecular weight excluding hydrogens is 367 g/mol. The molecule has 25 heavy (non-hydrogen) atoms. The van der Waals surface area contributed by atoms with Crippen molar-refractivity contribution in [3.8, 4) is 0 Å². The minimum absolute atomic E-state index is 0.112. The summed E-state index contributed by atoms with van der Waals surface area (Å²) in [6.07, 6.45) is 1.50. The van der Waals surface area contributed by atoms with Crippen LogP contribution in [0.5, 0.6) is 0 Å².